The van der Waals surface area contributed by atoms with Gasteiger partial charge in [0.15, 0.2) is 12.4 Å². The highest BCUT2D eigenvalue weighted by Crippen LogP contribution is 2.26. The summed E-state index contributed by atoms with van der Waals surface area (Å²) < 4.78 is 15.5. The van der Waals surface area contributed by atoms with Gasteiger partial charge in [0.1, 0.15) is 12.4 Å². The minimum absolute atomic E-state index is 0.0209. The Kier molecular flexibility index (Phi) is 5.73. The number of nitrogens with zero attached hydrogens (tertiary/aromatic N) is 1. The fraction of sp³-hybridized carbons (Fsp3) is 0.235. The lowest BCUT2D eigenvalue weighted by atomic mass is 10.1. The third-order valence-corrected chi connectivity index (χ3v) is 3.23. The van der Waals surface area contributed by atoms with E-state index in [-0.39, 0.29) is 18.0 Å². The Morgan fingerprint density at radius 1 is 1.17 bits per heavy atom. The minimum Gasteiger partial charge on any atom is -0.496 e. The predicted octanol–water partition coefficient (Wildman–Crippen LogP) is 3.03. The number of hydrogen-bond donors (Lipinski definition) is 0. The Morgan fingerprint density at radius 3 is 2.62 bits per heavy atom. The number of para-hydroxylation sites is 2. The van der Waals surface area contributed by atoms with Gasteiger partial charge in [0.05, 0.1) is 12.0 Å². The van der Waals surface area contributed by atoms with Crippen LogP contribution in [-0.4, -0.2) is 24.6 Å². The number of hydrogen-bond acceptors (Lipinski definition) is 6. The summed E-state index contributed by atoms with van der Waals surface area (Å²) in [5.74, 6) is 0.0114. The molecule has 0 heterocycles. The smallest absolute Gasteiger partial charge is 0.344 e. The molecule has 126 valence electrons. The van der Waals surface area contributed by atoms with Crippen molar-refractivity contribution in [2.45, 2.75) is 13.5 Å². The van der Waals surface area contributed by atoms with Gasteiger partial charge in [-0.1, -0.05) is 23.8 Å². The molecule has 0 unspecified atom stereocenters. The summed E-state index contributed by atoms with van der Waals surface area (Å²) in [6.07, 6.45) is 0. The predicted molar refractivity (Wildman–Crippen MR) is 86.1 cm³/mol. The molecule has 0 aliphatic rings. The van der Waals surface area contributed by atoms with Gasteiger partial charge in [-0.2, -0.15) is 0 Å². The Morgan fingerprint density at radius 2 is 1.92 bits per heavy atom. The summed E-state index contributed by atoms with van der Waals surface area (Å²) in [7, 11) is 1.54. The zero-order chi connectivity index (χ0) is 17.5. The van der Waals surface area contributed by atoms with E-state index in [9.17, 15) is 14.9 Å². The van der Waals surface area contributed by atoms with Crippen LogP contribution in [0.15, 0.2) is 42.5 Å². The number of nitro groups is 1. The lowest BCUT2D eigenvalue weighted by Gasteiger charge is -2.11. The number of ether oxygens (including phenoxy) is 3. The molecule has 0 N–H and O–H groups in total. The van der Waals surface area contributed by atoms with Crippen molar-refractivity contribution in [3.05, 3.63) is 63.7 Å². The lowest BCUT2D eigenvalue weighted by molar-refractivity contribution is -0.385. The van der Waals surface area contributed by atoms with E-state index in [1.54, 1.807) is 12.1 Å². The maximum Gasteiger partial charge on any atom is 0.344 e. The van der Waals surface area contributed by atoms with Gasteiger partial charge >= 0.3 is 11.7 Å². The van der Waals surface area contributed by atoms with Gasteiger partial charge in [-0.15, -0.1) is 0 Å². The average Bonchev–Trinajstić information content (AvgIpc) is 2.58. The Hall–Kier alpha value is -3.09. The fourth-order valence-corrected chi connectivity index (χ4v) is 2.09. The number of aryl methyl sites for hydroxylation is 1. The number of methoxy groups -OCH3 is 1. The third-order valence-electron chi connectivity index (χ3n) is 3.23. The van der Waals surface area contributed by atoms with E-state index in [0.717, 1.165) is 11.1 Å². The van der Waals surface area contributed by atoms with Crippen molar-refractivity contribution >= 4 is 11.7 Å². The van der Waals surface area contributed by atoms with Gasteiger partial charge in [0.25, 0.3) is 0 Å². The molecule has 24 heavy (non-hydrogen) atoms. The summed E-state index contributed by atoms with van der Waals surface area (Å²) in [4.78, 5) is 22.1. The molecule has 0 aliphatic carbocycles. The van der Waals surface area contributed by atoms with E-state index in [2.05, 4.69) is 0 Å². The van der Waals surface area contributed by atoms with Crippen LogP contribution >= 0.6 is 0 Å². The van der Waals surface area contributed by atoms with Gasteiger partial charge in [-0.3, -0.25) is 10.1 Å². The SMILES string of the molecule is COc1ccc(C)cc1COC(=O)COc1ccccc1[N+](=O)[O-]. The van der Waals surface area contributed by atoms with E-state index in [1.165, 1.54) is 25.3 Å². The van der Waals surface area contributed by atoms with Crippen molar-refractivity contribution < 1.29 is 23.9 Å². The zero-order valence-electron chi connectivity index (χ0n) is 13.4. The number of rotatable bonds is 7. The zero-order valence-corrected chi connectivity index (χ0v) is 13.4. The van der Waals surface area contributed by atoms with Crippen LogP contribution in [0.1, 0.15) is 11.1 Å². The molecule has 0 radical (unpaired) electrons. The Bertz CT molecular complexity index is 744. The number of esters is 1. The summed E-state index contributed by atoms with van der Waals surface area (Å²) in [5, 5.41) is 10.9. The fourth-order valence-electron chi connectivity index (χ4n) is 2.09. The molecular formula is C17H17NO6. The van der Waals surface area contributed by atoms with Gasteiger partial charge in [0.2, 0.25) is 0 Å². The first-order chi connectivity index (χ1) is 11.5. The molecule has 0 saturated carbocycles. The van der Waals surface area contributed by atoms with Gasteiger partial charge in [0, 0.05) is 11.6 Å². The van der Waals surface area contributed by atoms with E-state index < -0.39 is 17.5 Å². The highest BCUT2D eigenvalue weighted by atomic mass is 16.6. The van der Waals surface area contributed by atoms with Crippen LogP contribution in [0, 0.1) is 17.0 Å². The molecule has 0 aromatic heterocycles. The Labute approximate surface area is 138 Å². The second-order valence-corrected chi connectivity index (χ2v) is 4.99. The molecule has 0 bridgehead atoms. The normalized spacial score (nSPS) is 10.1. The molecule has 0 amide bonds. The third kappa shape index (κ3) is 4.45. The first-order valence-corrected chi connectivity index (χ1v) is 7.16. The first kappa shape index (κ1) is 17.3. The summed E-state index contributed by atoms with van der Waals surface area (Å²) >= 11 is 0. The van der Waals surface area contributed by atoms with Crippen LogP contribution < -0.4 is 9.47 Å². The van der Waals surface area contributed by atoms with Crippen molar-refractivity contribution in [3.63, 3.8) is 0 Å². The van der Waals surface area contributed by atoms with Crippen LogP contribution in [0.3, 0.4) is 0 Å². The van der Waals surface area contributed by atoms with Crippen LogP contribution in [-0.2, 0) is 16.1 Å². The highest BCUT2D eigenvalue weighted by molar-refractivity contribution is 5.71. The second kappa shape index (κ2) is 7.96. The van der Waals surface area contributed by atoms with Gasteiger partial charge < -0.3 is 14.2 Å². The topological polar surface area (TPSA) is 87.9 Å². The molecule has 7 heteroatoms. The summed E-state index contributed by atoms with van der Waals surface area (Å²) in [5.41, 5.74) is 1.54. The maximum atomic E-state index is 11.8. The average molecular weight is 331 g/mol. The molecule has 2 aromatic rings. The lowest BCUT2D eigenvalue weighted by Crippen LogP contribution is -2.15. The molecule has 0 fully saturated rings. The molecular weight excluding hydrogens is 314 g/mol. The monoisotopic (exact) mass is 331 g/mol. The van der Waals surface area contributed by atoms with Crippen molar-refractivity contribution in [1.29, 1.82) is 0 Å². The second-order valence-electron chi connectivity index (χ2n) is 4.99. The molecule has 7 nitrogen and oxygen atoms in total. The largest absolute Gasteiger partial charge is 0.496 e. The van der Waals surface area contributed by atoms with E-state index in [4.69, 9.17) is 14.2 Å². The van der Waals surface area contributed by atoms with Crippen molar-refractivity contribution in [3.8, 4) is 11.5 Å². The van der Waals surface area contributed by atoms with Crippen LogP contribution in [0.5, 0.6) is 11.5 Å². The van der Waals surface area contributed by atoms with Gasteiger partial charge in [-0.05, 0) is 25.1 Å². The van der Waals surface area contributed by atoms with E-state index >= 15 is 0 Å². The molecule has 0 spiro atoms. The van der Waals surface area contributed by atoms with Gasteiger partial charge in [-0.25, -0.2) is 4.79 Å². The molecule has 2 aromatic carbocycles. The Balaban J connectivity index is 1.93. The quantitative estimate of drug-likeness (QED) is 0.440. The first-order valence-electron chi connectivity index (χ1n) is 7.16. The number of carbonyl (C=O) groups excluding carboxylic acids is 1. The van der Waals surface area contributed by atoms with Crippen LogP contribution in [0.4, 0.5) is 5.69 Å². The maximum absolute atomic E-state index is 11.8. The van der Waals surface area contributed by atoms with Crippen molar-refractivity contribution in [2.75, 3.05) is 13.7 Å². The molecule has 0 atom stereocenters. The van der Waals surface area contributed by atoms with Crippen LogP contribution in [0.25, 0.3) is 0 Å². The minimum atomic E-state index is -0.628. The molecule has 0 saturated heterocycles. The number of carbonyl (C=O) groups is 1. The van der Waals surface area contributed by atoms with E-state index in [1.807, 2.05) is 19.1 Å². The number of benzene rings is 2. The van der Waals surface area contributed by atoms with E-state index in [0.29, 0.717) is 5.75 Å². The molecule has 2 rings (SSSR count). The number of nitro benzene ring substituents is 1. The highest BCUT2D eigenvalue weighted by Gasteiger charge is 2.15. The molecule has 0 aliphatic heterocycles. The van der Waals surface area contributed by atoms with Crippen LogP contribution in [0.2, 0.25) is 0 Å². The standard InChI is InChI=1S/C17H17NO6/c1-12-7-8-15(22-2)13(9-12)10-24-17(19)11-23-16-6-4-3-5-14(16)18(20)21/h3-9H,10-11H2,1-2H3. The summed E-state index contributed by atoms with van der Waals surface area (Å²) in [6.45, 7) is 1.53. The van der Waals surface area contributed by atoms with Crippen molar-refractivity contribution in [1.82, 2.24) is 0 Å². The summed E-state index contributed by atoms with van der Waals surface area (Å²) in [6, 6.07) is 11.4. The van der Waals surface area contributed by atoms with Crippen molar-refractivity contribution in [2.24, 2.45) is 0 Å².